The number of rotatable bonds is 8. The van der Waals surface area contributed by atoms with Gasteiger partial charge in [0.2, 0.25) is 0 Å². The van der Waals surface area contributed by atoms with E-state index in [9.17, 15) is 4.79 Å². The lowest BCUT2D eigenvalue weighted by Crippen LogP contribution is -2.51. The topological polar surface area (TPSA) is 59.6 Å². The fraction of sp³-hybridized carbons (Fsp3) is 0.375. The van der Waals surface area contributed by atoms with Gasteiger partial charge in [0.05, 0.1) is 35.4 Å². The summed E-state index contributed by atoms with van der Waals surface area (Å²) >= 11 is 6.29. The van der Waals surface area contributed by atoms with E-state index in [1.807, 2.05) is 0 Å². The lowest BCUT2D eigenvalue weighted by atomic mass is 9.70. The van der Waals surface area contributed by atoms with Crippen LogP contribution in [-0.2, 0) is 19.7 Å². The SMILES string of the molecule is O=C1C=C[C@@H](Nc2ccccc2Cl)[C@@]1(CC(F)(F)COC1COCCN1)c1ccccc1. The average Bonchev–Trinajstić information content (AvgIpc) is 3.11. The highest BCUT2D eigenvalue weighted by Gasteiger charge is 2.54. The monoisotopic (exact) mass is 462 g/mol. The summed E-state index contributed by atoms with van der Waals surface area (Å²) < 4.78 is 41.2. The maximum absolute atomic E-state index is 15.3. The van der Waals surface area contributed by atoms with Gasteiger partial charge in [0.1, 0.15) is 12.8 Å². The number of morpholine rings is 1. The van der Waals surface area contributed by atoms with Crippen molar-refractivity contribution in [2.24, 2.45) is 0 Å². The van der Waals surface area contributed by atoms with Crippen LogP contribution in [0.15, 0.2) is 66.7 Å². The van der Waals surface area contributed by atoms with E-state index in [1.54, 1.807) is 60.7 Å². The number of carbonyl (C=O) groups is 1. The van der Waals surface area contributed by atoms with Crippen LogP contribution in [0.1, 0.15) is 12.0 Å². The molecule has 2 aromatic rings. The van der Waals surface area contributed by atoms with Gasteiger partial charge < -0.3 is 14.8 Å². The Kier molecular flexibility index (Phi) is 6.90. The fourth-order valence-corrected chi connectivity index (χ4v) is 4.44. The second kappa shape index (κ2) is 9.67. The fourth-order valence-electron chi connectivity index (χ4n) is 4.25. The third-order valence-corrected chi connectivity index (χ3v) is 6.13. The highest BCUT2D eigenvalue weighted by Crippen LogP contribution is 2.45. The average molecular weight is 463 g/mol. The van der Waals surface area contributed by atoms with Crippen LogP contribution in [0.3, 0.4) is 0 Å². The molecule has 1 unspecified atom stereocenters. The van der Waals surface area contributed by atoms with Crippen LogP contribution >= 0.6 is 11.6 Å². The summed E-state index contributed by atoms with van der Waals surface area (Å²) in [5.74, 6) is -3.65. The number of alkyl halides is 2. The molecule has 1 aliphatic heterocycles. The molecule has 0 bridgehead atoms. The Bertz CT molecular complexity index is 967. The quantitative estimate of drug-likeness (QED) is 0.616. The molecule has 0 radical (unpaired) electrons. The van der Waals surface area contributed by atoms with Crippen molar-refractivity contribution in [3.05, 3.63) is 77.3 Å². The molecule has 3 atom stereocenters. The zero-order chi connectivity index (χ0) is 22.6. The zero-order valence-corrected chi connectivity index (χ0v) is 18.2. The van der Waals surface area contributed by atoms with Crippen molar-refractivity contribution in [3.63, 3.8) is 0 Å². The van der Waals surface area contributed by atoms with Gasteiger partial charge in [-0.25, -0.2) is 8.78 Å². The standard InChI is InChI=1S/C24H25ClF2N2O3/c25-18-8-4-5-9-19(18)29-20-10-11-21(30)24(20,17-6-2-1-3-7-17)15-23(26,27)16-32-22-14-31-13-12-28-22/h1-11,20,22,28-29H,12-16H2/t20-,22?,24-/m1/s1. The summed E-state index contributed by atoms with van der Waals surface area (Å²) in [7, 11) is 0. The summed E-state index contributed by atoms with van der Waals surface area (Å²) in [6, 6.07) is 15.0. The van der Waals surface area contributed by atoms with E-state index in [4.69, 9.17) is 21.1 Å². The maximum atomic E-state index is 15.3. The Morgan fingerprint density at radius 1 is 1.19 bits per heavy atom. The van der Waals surface area contributed by atoms with Crippen molar-refractivity contribution in [1.29, 1.82) is 0 Å². The zero-order valence-electron chi connectivity index (χ0n) is 17.4. The number of hydrogen-bond acceptors (Lipinski definition) is 5. The molecule has 0 saturated carbocycles. The predicted octanol–water partition coefficient (Wildman–Crippen LogP) is 4.19. The first-order valence-corrected chi connectivity index (χ1v) is 10.9. The molecule has 2 aliphatic rings. The van der Waals surface area contributed by atoms with Crippen molar-refractivity contribution in [2.75, 3.05) is 31.7 Å². The van der Waals surface area contributed by atoms with Crippen LogP contribution < -0.4 is 10.6 Å². The summed E-state index contributed by atoms with van der Waals surface area (Å²) in [5.41, 5.74) is -0.427. The molecule has 5 nitrogen and oxygen atoms in total. The highest BCUT2D eigenvalue weighted by molar-refractivity contribution is 6.33. The Morgan fingerprint density at radius 3 is 2.66 bits per heavy atom. The number of allylic oxidation sites excluding steroid dienone is 1. The van der Waals surface area contributed by atoms with Crippen LogP contribution in [0.5, 0.6) is 0 Å². The number of carbonyl (C=O) groups excluding carboxylic acids is 1. The number of ether oxygens (including phenoxy) is 2. The molecule has 1 saturated heterocycles. The number of benzene rings is 2. The number of para-hydroxylation sites is 1. The van der Waals surface area contributed by atoms with Crippen molar-refractivity contribution in [1.82, 2.24) is 5.32 Å². The first kappa shape index (κ1) is 22.9. The van der Waals surface area contributed by atoms with Gasteiger partial charge in [0.15, 0.2) is 5.78 Å². The van der Waals surface area contributed by atoms with E-state index < -0.39 is 36.6 Å². The number of halogens is 3. The lowest BCUT2D eigenvalue weighted by Gasteiger charge is -2.38. The summed E-state index contributed by atoms with van der Waals surface area (Å²) in [6.45, 7) is 0.436. The summed E-state index contributed by atoms with van der Waals surface area (Å²) in [5, 5.41) is 6.65. The second-order valence-electron chi connectivity index (χ2n) is 8.02. The molecule has 0 aromatic heterocycles. The third kappa shape index (κ3) is 4.86. The molecule has 2 N–H and O–H groups in total. The Labute approximate surface area is 190 Å². The van der Waals surface area contributed by atoms with Gasteiger partial charge in [-0.15, -0.1) is 0 Å². The molecule has 170 valence electrons. The van der Waals surface area contributed by atoms with Gasteiger partial charge in [-0.1, -0.05) is 60.1 Å². The molecular weight excluding hydrogens is 438 g/mol. The largest absolute Gasteiger partial charge is 0.376 e. The number of hydrogen-bond donors (Lipinski definition) is 2. The predicted molar refractivity (Wildman–Crippen MR) is 119 cm³/mol. The van der Waals surface area contributed by atoms with Crippen LogP contribution in [0.4, 0.5) is 14.5 Å². The second-order valence-corrected chi connectivity index (χ2v) is 8.43. The van der Waals surface area contributed by atoms with Crippen molar-refractivity contribution in [3.8, 4) is 0 Å². The van der Waals surface area contributed by atoms with Crippen molar-refractivity contribution in [2.45, 2.75) is 30.0 Å². The Balaban J connectivity index is 1.62. The summed E-state index contributed by atoms with van der Waals surface area (Å²) in [4.78, 5) is 13.2. The van der Waals surface area contributed by atoms with Gasteiger partial charge in [-0.05, 0) is 23.8 Å². The third-order valence-electron chi connectivity index (χ3n) is 5.81. The van der Waals surface area contributed by atoms with E-state index >= 15 is 8.78 Å². The van der Waals surface area contributed by atoms with Crippen molar-refractivity contribution < 1.29 is 23.0 Å². The first-order chi connectivity index (χ1) is 15.4. The Morgan fingerprint density at radius 2 is 1.94 bits per heavy atom. The molecule has 0 spiro atoms. The van der Waals surface area contributed by atoms with E-state index in [1.165, 1.54) is 6.08 Å². The van der Waals surface area contributed by atoms with Crippen molar-refractivity contribution >= 4 is 23.1 Å². The molecule has 2 aromatic carbocycles. The van der Waals surface area contributed by atoms with Crippen LogP contribution in [0.25, 0.3) is 0 Å². The molecule has 8 heteroatoms. The minimum Gasteiger partial charge on any atom is -0.376 e. The van der Waals surface area contributed by atoms with Gasteiger partial charge in [-0.2, -0.15) is 0 Å². The molecule has 1 heterocycles. The normalized spacial score (nSPS) is 25.8. The number of nitrogens with one attached hydrogen (secondary N) is 2. The Hall–Kier alpha value is -2.32. The molecule has 1 aliphatic carbocycles. The molecule has 0 amide bonds. The minimum atomic E-state index is -3.27. The van der Waals surface area contributed by atoms with Crippen LogP contribution in [0, 0.1) is 0 Å². The number of ketones is 1. The molecule has 32 heavy (non-hydrogen) atoms. The van der Waals surface area contributed by atoms with Crippen LogP contribution in [0.2, 0.25) is 5.02 Å². The van der Waals surface area contributed by atoms with Gasteiger partial charge in [-0.3, -0.25) is 10.1 Å². The minimum absolute atomic E-state index is 0.205. The van der Waals surface area contributed by atoms with E-state index in [2.05, 4.69) is 10.6 Å². The van der Waals surface area contributed by atoms with Gasteiger partial charge in [0.25, 0.3) is 5.92 Å². The molecule has 1 fully saturated rings. The number of anilines is 1. The first-order valence-electron chi connectivity index (χ1n) is 10.5. The molecule has 4 rings (SSSR count). The van der Waals surface area contributed by atoms with E-state index in [0.717, 1.165) is 0 Å². The summed E-state index contributed by atoms with van der Waals surface area (Å²) in [6.07, 6.45) is 1.68. The van der Waals surface area contributed by atoms with E-state index in [-0.39, 0.29) is 12.4 Å². The maximum Gasteiger partial charge on any atom is 0.272 e. The van der Waals surface area contributed by atoms with Crippen LogP contribution in [-0.4, -0.2) is 50.3 Å². The lowest BCUT2D eigenvalue weighted by molar-refractivity contribution is -0.147. The molecular formula is C24H25ClF2N2O3. The van der Waals surface area contributed by atoms with E-state index in [0.29, 0.717) is 29.4 Å². The van der Waals surface area contributed by atoms with Gasteiger partial charge in [0, 0.05) is 13.0 Å². The smallest absolute Gasteiger partial charge is 0.272 e. The highest BCUT2D eigenvalue weighted by atomic mass is 35.5. The van der Waals surface area contributed by atoms with Gasteiger partial charge >= 0.3 is 0 Å².